The second-order valence-electron chi connectivity index (χ2n) is 4.89. The van der Waals surface area contributed by atoms with Crippen LogP contribution in [0, 0.1) is 0 Å². The van der Waals surface area contributed by atoms with Gasteiger partial charge in [0.1, 0.15) is 5.75 Å². The molecule has 0 fully saturated rings. The molecule has 0 saturated heterocycles. The third kappa shape index (κ3) is 3.50. The van der Waals surface area contributed by atoms with Crippen molar-refractivity contribution in [3.8, 4) is 17.0 Å². The number of nitrogens with zero attached hydrogens (tertiary/aromatic N) is 4. The Bertz CT molecular complexity index is 910. The summed E-state index contributed by atoms with van der Waals surface area (Å²) in [5.41, 5.74) is 0.449. The Kier molecular flexibility index (Phi) is 4.25. The van der Waals surface area contributed by atoms with Gasteiger partial charge in [-0.25, -0.2) is 8.78 Å². The zero-order chi connectivity index (χ0) is 18.2. The van der Waals surface area contributed by atoms with Crippen LogP contribution in [0.25, 0.3) is 16.9 Å². The Balaban J connectivity index is 2.04. The Morgan fingerprint density at radius 3 is 2.60 bits per heavy atom. The Hall–Kier alpha value is -2.82. The first kappa shape index (κ1) is 17.0. The summed E-state index contributed by atoms with van der Waals surface area (Å²) in [7, 11) is 0. The normalized spacial score (nSPS) is 12.1. The van der Waals surface area contributed by atoms with E-state index in [1.807, 2.05) is 0 Å². The van der Waals surface area contributed by atoms with Crippen molar-refractivity contribution in [2.24, 2.45) is 0 Å². The molecule has 0 unspecified atom stereocenters. The molecule has 0 aliphatic rings. The summed E-state index contributed by atoms with van der Waals surface area (Å²) >= 11 is 0. The number of ether oxygens (including phenoxy) is 1. The van der Waals surface area contributed by atoms with Crippen LogP contribution < -0.4 is 4.74 Å². The van der Waals surface area contributed by atoms with Gasteiger partial charge in [-0.15, -0.1) is 23.4 Å². The van der Waals surface area contributed by atoms with Gasteiger partial charge in [-0.2, -0.15) is 0 Å². The van der Waals surface area contributed by atoms with E-state index in [0.29, 0.717) is 5.56 Å². The molecule has 11 heteroatoms. The fourth-order valence-electron chi connectivity index (χ4n) is 2.20. The van der Waals surface area contributed by atoms with Gasteiger partial charge in [0.15, 0.2) is 5.65 Å². The monoisotopic (exact) mass is 360 g/mol. The molecule has 2 aromatic heterocycles. The number of hydrogen-bond donors (Lipinski definition) is 1. The molecule has 3 aromatic rings. The van der Waals surface area contributed by atoms with Crippen LogP contribution in [0.2, 0.25) is 0 Å². The average molecular weight is 360 g/mol. The minimum Gasteiger partial charge on any atom is -0.405 e. The number of benzene rings is 1. The second kappa shape index (κ2) is 6.24. The maximum Gasteiger partial charge on any atom is 0.573 e. The summed E-state index contributed by atoms with van der Waals surface area (Å²) in [6, 6.07) is 3.50. The van der Waals surface area contributed by atoms with Gasteiger partial charge in [-0.05, 0) is 18.2 Å². The van der Waals surface area contributed by atoms with Crippen molar-refractivity contribution in [1.82, 2.24) is 19.6 Å². The molecule has 0 aliphatic heterocycles. The Morgan fingerprint density at radius 1 is 1.20 bits per heavy atom. The van der Waals surface area contributed by atoms with E-state index in [2.05, 4.69) is 19.9 Å². The molecular weight excluding hydrogens is 351 g/mol. The first-order valence-electron chi connectivity index (χ1n) is 6.77. The predicted molar refractivity (Wildman–Crippen MR) is 73.8 cm³/mol. The third-order valence-electron chi connectivity index (χ3n) is 3.27. The van der Waals surface area contributed by atoms with Crippen molar-refractivity contribution in [2.45, 2.75) is 19.4 Å². The lowest BCUT2D eigenvalue weighted by Gasteiger charge is -2.13. The molecule has 0 aliphatic carbocycles. The van der Waals surface area contributed by atoms with Gasteiger partial charge in [0.25, 0.3) is 6.43 Å². The zero-order valence-electron chi connectivity index (χ0n) is 12.2. The topological polar surface area (TPSA) is 72.5 Å². The highest BCUT2D eigenvalue weighted by molar-refractivity contribution is 5.62. The molecule has 0 bridgehead atoms. The Morgan fingerprint density at radius 2 is 1.96 bits per heavy atom. The number of fused-ring (bicyclic) bond motifs is 1. The molecule has 0 spiro atoms. The number of rotatable bonds is 4. The minimum absolute atomic E-state index is 0.0958. The molecule has 0 radical (unpaired) electrons. The van der Waals surface area contributed by atoms with Gasteiger partial charge in [0, 0.05) is 17.3 Å². The van der Waals surface area contributed by atoms with E-state index in [-0.39, 0.29) is 16.9 Å². The summed E-state index contributed by atoms with van der Waals surface area (Å²) < 4.78 is 67.6. The van der Waals surface area contributed by atoms with E-state index < -0.39 is 31.0 Å². The average Bonchev–Trinajstić information content (AvgIpc) is 2.97. The van der Waals surface area contributed by atoms with Crippen molar-refractivity contribution in [2.75, 3.05) is 0 Å². The van der Waals surface area contributed by atoms with Crippen LogP contribution >= 0.6 is 0 Å². The smallest absolute Gasteiger partial charge is 0.405 e. The number of aliphatic hydroxyl groups excluding tert-OH is 1. The van der Waals surface area contributed by atoms with E-state index >= 15 is 0 Å². The van der Waals surface area contributed by atoms with Crippen molar-refractivity contribution in [1.29, 1.82) is 0 Å². The summed E-state index contributed by atoms with van der Waals surface area (Å²) in [4.78, 5) is 4.02. The van der Waals surface area contributed by atoms with Crippen LogP contribution in [0.1, 0.15) is 17.8 Å². The van der Waals surface area contributed by atoms with Gasteiger partial charge in [0.2, 0.25) is 5.82 Å². The molecule has 0 saturated carbocycles. The SMILES string of the molecule is OCc1cc(-c2cn3c(C(F)F)nnc3cn2)ccc1OC(F)(F)F. The number of halogens is 5. The molecule has 2 heterocycles. The van der Waals surface area contributed by atoms with Crippen LogP contribution in [0.5, 0.6) is 5.75 Å². The largest absolute Gasteiger partial charge is 0.573 e. The lowest BCUT2D eigenvalue weighted by molar-refractivity contribution is -0.275. The first-order valence-corrected chi connectivity index (χ1v) is 6.77. The van der Waals surface area contributed by atoms with Crippen LogP contribution in [0.15, 0.2) is 30.6 Å². The molecule has 25 heavy (non-hydrogen) atoms. The zero-order valence-corrected chi connectivity index (χ0v) is 12.2. The second-order valence-corrected chi connectivity index (χ2v) is 4.89. The maximum atomic E-state index is 12.9. The van der Waals surface area contributed by atoms with Crippen molar-refractivity contribution < 1.29 is 31.8 Å². The van der Waals surface area contributed by atoms with E-state index in [0.717, 1.165) is 10.5 Å². The van der Waals surface area contributed by atoms with Crippen molar-refractivity contribution in [3.63, 3.8) is 0 Å². The van der Waals surface area contributed by atoms with E-state index in [4.69, 9.17) is 0 Å². The number of aliphatic hydroxyl groups is 1. The number of hydrogen-bond acceptors (Lipinski definition) is 5. The van der Waals surface area contributed by atoms with E-state index in [9.17, 15) is 27.1 Å². The summed E-state index contributed by atoms with van der Waals surface area (Å²) in [6.07, 6.45) is -5.33. The fourth-order valence-corrected chi connectivity index (χ4v) is 2.20. The Labute approximate surface area is 136 Å². The van der Waals surface area contributed by atoms with E-state index in [1.54, 1.807) is 0 Å². The van der Waals surface area contributed by atoms with Crippen LogP contribution in [0.3, 0.4) is 0 Å². The maximum absolute atomic E-state index is 12.9. The summed E-state index contributed by atoms with van der Waals surface area (Å²) in [5, 5.41) is 16.2. The van der Waals surface area contributed by atoms with Crippen LogP contribution in [-0.2, 0) is 6.61 Å². The summed E-state index contributed by atoms with van der Waals surface area (Å²) in [5.74, 6) is -1.14. The van der Waals surface area contributed by atoms with Gasteiger partial charge in [-0.1, -0.05) is 0 Å². The number of aromatic nitrogens is 4. The molecular formula is C14H9F5N4O2. The highest BCUT2D eigenvalue weighted by atomic mass is 19.4. The minimum atomic E-state index is -4.91. The first-order chi connectivity index (χ1) is 11.8. The molecule has 1 aromatic carbocycles. The molecule has 132 valence electrons. The standard InChI is InChI=1S/C14H9F5N4O2/c15-12(16)13-22-21-11-4-20-9(5-23(11)13)7-1-2-10(8(3-7)6-24)25-14(17,18)19/h1-5,12,24H,6H2. The van der Waals surface area contributed by atoms with Crippen molar-refractivity contribution >= 4 is 5.65 Å². The lowest BCUT2D eigenvalue weighted by Crippen LogP contribution is -2.18. The third-order valence-corrected chi connectivity index (χ3v) is 3.27. The van der Waals surface area contributed by atoms with Gasteiger partial charge < -0.3 is 9.84 Å². The van der Waals surface area contributed by atoms with Gasteiger partial charge in [-0.3, -0.25) is 9.38 Å². The number of alkyl halides is 5. The lowest BCUT2D eigenvalue weighted by atomic mass is 10.1. The predicted octanol–water partition coefficient (Wildman–Crippen LogP) is 3.12. The van der Waals surface area contributed by atoms with E-state index in [1.165, 1.54) is 24.5 Å². The fraction of sp³-hybridized carbons (Fsp3) is 0.214. The summed E-state index contributed by atoms with van der Waals surface area (Å²) in [6.45, 7) is -0.712. The highest BCUT2D eigenvalue weighted by Gasteiger charge is 2.32. The molecule has 1 N–H and O–H groups in total. The quantitative estimate of drug-likeness (QED) is 0.724. The highest BCUT2D eigenvalue weighted by Crippen LogP contribution is 2.30. The van der Waals surface area contributed by atoms with Crippen LogP contribution in [0.4, 0.5) is 22.0 Å². The van der Waals surface area contributed by atoms with Gasteiger partial charge in [0.05, 0.1) is 18.5 Å². The van der Waals surface area contributed by atoms with Crippen LogP contribution in [-0.4, -0.2) is 31.1 Å². The molecule has 6 nitrogen and oxygen atoms in total. The molecule has 0 amide bonds. The van der Waals surface area contributed by atoms with Crippen molar-refractivity contribution in [3.05, 3.63) is 42.0 Å². The molecule has 0 atom stereocenters. The molecule has 3 rings (SSSR count). The van der Waals surface area contributed by atoms with Gasteiger partial charge >= 0.3 is 6.36 Å².